The van der Waals surface area contributed by atoms with E-state index in [-0.39, 0.29) is 23.7 Å². The van der Waals surface area contributed by atoms with Gasteiger partial charge in [0.25, 0.3) is 5.91 Å². The van der Waals surface area contributed by atoms with E-state index in [1.54, 1.807) is 6.92 Å². The predicted molar refractivity (Wildman–Crippen MR) is 98.5 cm³/mol. The lowest BCUT2D eigenvalue weighted by molar-refractivity contribution is -0.385. The molecule has 0 saturated carbocycles. The number of urea groups is 1. The summed E-state index contributed by atoms with van der Waals surface area (Å²) in [7, 11) is 0. The number of nitrogens with zero attached hydrogens (tertiary/aromatic N) is 2. The highest BCUT2D eigenvalue weighted by molar-refractivity contribution is 6.13. The van der Waals surface area contributed by atoms with Crippen LogP contribution in [0, 0.1) is 10.1 Å². The third-order valence-corrected chi connectivity index (χ3v) is 4.18. The maximum absolute atomic E-state index is 12.8. The van der Waals surface area contributed by atoms with Gasteiger partial charge in [-0.1, -0.05) is 12.1 Å². The van der Waals surface area contributed by atoms with Gasteiger partial charge >= 0.3 is 17.9 Å². The van der Waals surface area contributed by atoms with Gasteiger partial charge in [0.1, 0.15) is 11.4 Å². The Morgan fingerprint density at radius 1 is 1.17 bits per heavy atom. The topological polar surface area (TPSA) is 102 Å². The van der Waals surface area contributed by atoms with Crippen molar-refractivity contribution in [1.82, 2.24) is 10.2 Å². The summed E-state index contributed by atoms with van der Waals surface area (Å²) in [6, 6.07) is 7.33. The van der Waals surface area contributed by atoms with Crippen molar-refractivity contribution >= 4 is 23.7 Å². The van der Waals surface area contributed by atoms with Gasteiger partial charge in [-0.15, -0.1) is 0 Å². The lowest BCUT2D eigenvalue weighted by atomic mass is 10.1. The van der Waals surface area contributed by atoms with E-state index in [0.29, 0.717) is 17.7 Å². The highest BCUT2D eigenvalue weighted by atomic mass is 19.4. The van der Waals surface area contributed by atoms with Crippen molar-refractivity contribution < 1.29 is 32.4 Å². The molecule has 156 valence electrons. The highest BCUT2D eigenvalue weighted by Gasteiger charge is 2.34. The Labute approximate surface area is 167 Å². The van der Waals surface area contributed by atoms with Gasteiger partial charge in [0.05, 0.1) is 10.5 Å². The minimum Gasteiger partial charge on any atom is -0.450 e. The van der Waals surface area contributed by atoms with Crippen molar-refractivity contribution in [2.45, 2.75) is 13.1 Å². The number of carbonyl (C=O) groups excluding carboxylic acids is 2. The van der Waals surface area contributed by atoms with Gasteiger partial charge in [-0.2, -0.15) is 13.2 Å². The van der Waals surface area contributed by atoms with Crippen molar-refractivity contribution in [3.63, 3.8) is 0 Å². The standard InChI is InChI=1S/C19H14F3N3O5/c1-2-24-17(26)14(23-18(24)27)9-11-3-6-13(7-4-11)30-16-8-5-12(19(20,21)22)10-15(16)25(28)29/h3-10H,2H2,1H3,(H,23,27)/b14-9+. The van der Waals surface area contributed by atoms with Crippen LogP contribution in [-0.4, -0.2) is 28.3 Å². The van der Waals surface area contributed by atoms with Gasteiger partial charge in [0.15, 0.2) is 0 Å². The number of rotatable bonds is 5. The van der Waals surface area contributed by atoms with Gasteiger partial charge in [-0.25, -0.2) is 4.79 Å². The molecule has 0 aromatic heterocycles. The lowest BCUT2D eigenvalue weighted by Gasteiger charge is -2.10. The van der Waals surface area contributed by atoms with E-state index in [1.165, 1.54) is 30.3 Å². The minimum atomic E-state index is -4.72. The highest BCUT2D eigenvalue weighted by Crippen LogP contribution is 2.37. The SMILES string of the molecule is CCN1C(=O)N/C(=C/c2ccc(Oc3ccc(C(F)(F)F)cc3[N+](=O)[O-])cc2)C1=O. The summed E-state index contributed by atoms with van der Waals surface area (Å²) in [4.78, 5) is 34.9. The molecule has 0 radical (unpaired) electrons. The molecule has 11 heteroatoms. The number of nitro benzene ring substituents is 1. The Morgan fingerprint density at radius 3 is 2.37 bits per heavy atom. The van der Waals surface area contributed by atoms with E-state index >= 15 is 0 Å². The number of nitro groups is 1. The third kappa shape index (κ3) is 4.24. The average Bonchev–Trinajstić information content (AvgIpc) is 2.95. The largest absolute Gasteiger partial charge is 0.450 e. The first-order valence-corrected chi connectivity index (χ1v) is 8.58. The van der Waals surface area contributed by atoms with Crippen LogP contribution in [-0.2, 0) is 11.0 Å². The first-order chi connectivity index (χ1) is 14.1. The number of halogens is 3. The smallest absolute Gasteiger partial charge is 0.416 e. The number of ether oxygens (including phenoxy) is 1. The number of likely N-dealkylation sites (N-methyl/N-ethyl adjacent to an activating group) is 1. The van der Waals surface area contributed by atoms with Crippen molar-refractivity contribution in [3.8, 4) is 11.5 Å². The molecule has 2 aromatic rings. The number of imide groups is 1. The van der Waals surface area contributed by atoms with Crippen LogP contribution >= 0.6 is 0 Å². The van der Waals surface area contributed by atoms with Crippen LogP contribution < -0.4 is 10.1 Å². The molecule has 0 unspecified atom stereocenters. The zero-order chi connectivity index (χ0) is 22.1. The van der Waals surface area contributed by atoms with E-state index in [1.807, 2.05) is 0 Å². The zero-order valence-corrected chi connectivity index (χ0v) is 15.4. The van der Waals surface area contributed by atoms with Gasteiger partial charge in [-0.05, 0) is 42.8 Å². The molecular weight excluding hydrogens is 407 g/mol. The Balaban J connectivity index is 1.81. The van der Waals surface area contributed by atoms with E-state index in [9.17, 15) is 32.9 Å². The maximum Gasteiger partial charge on any atom is 0.416 e. The Bertz CT molecular complexity index is 1050. The lowest BCUT2D eigenvalue weighted by Crippen LogP contribution is -2.30. The number of hydrogen-bond donors (Lipinski definition) is 1. The van der Waals surface area contributed by atoms with Crippen LogP contribution in [0.2, 0.25) is 0 Å². The van der Waals surface area contributed by atoms with Crippen molar-refractivity contribution in [1.29, 1.82) is 0 Å². The number of nitrogens with one attached hydrogen (secondary N) is 1. The van der Waals surface area contributed by atoms with E-state index < -0.39 is 34.3 Å². The van der Waals surface area contributed by atoms with Crippen LogP contribution in [0.3, 0.4) is 0 Å². The van der Waals surface area contributed by atoms with E-state index in [0.717, 1.165) is 11.0 Å². The van der Waals surface area contributed by atoms with Gasteiger partial charge in [-0.3, -0.25) is 19.8 Å². The van der Waals surface area contributed by atoms with E-state index in [4.69, 9.17) is 4.74 Å². The van der Waals surface area contributed by atoms with E-state index in [2.05, 4.69) is 5.32 Å². The molecule has 30 heavy (non-hydrogen) atoms. The fourth-order valence-electron chi connectivity index (χ4n) is 2.71. The number of carbonyl (C=O) groups is 2. The molecular formula is C19H14F3N3O5. The average molecular weight is 421 g/mol. The number of amides is 3. The van der Waals surface area contributed by atoms with Gasteiger partial charge in [0, 0.05) is 12.6 Å². The second-order valence-electron chi connectivity index (χ2n) is 6.15. The molecule has 8 nitrogen and oxygen atoms in total. The minimum absolute atomic E-state index is 0.0916. The second-order valence-corrected chi connectivity index (χ2v) is 6.15. The molecule has 1 fully saturated rings. The monoisotopic (exact) mass is 421 g/mol. The molecule has 1 aliphatic rings. The molecule has 0 spiro atoms. The molecule has 0 bridgehead atoms. The molecule has 0 atom stereocenters. The van der Waals surface area contributed by atoms with Crippen molar-refractivity contribution in [3.05, 3.63) is 69.4 Å². The van der Waals surface area contributed by atoms with Crippen LogP contribution in [0.5, 0.6) is 11.5 Å². The molecule has 1 heterocycles. The van der Waals surface area contributed by atoms with Crippen molar-refractivity contribution in [2.24, 2.45) is 0 Å². The summed E-state index contributed by atoms with van der Waals surface area (Å²) in [6.07, 6.45) is -3.28. The van der Waals surface area contributed by atoms with Gasteiger partial charge < -0.3 is 10.1 Å². The first kappa shape index (κ1) is 20.8. The molecule has 0 aliphatic carbocycles. The normalized spacial score (nSPS) is 15.5. The molecule has 2 aromatic carbocycles. The fraction of sp³-hybridized carbons (Fsp3) is 0.158. The molecule has 1 N–H and O–H groups in total. The summed E-state index contributed by atoms with van der Waals surface area (Å²) in [5.74, 6) is -0.684. The summed E-state index contributed by atoms with van der Waals surface area (Å²) in [5, 5.41) is 13.6. The Hall–Kier alpha value is -3.89. The summed E-state index contributed by atoms with van der Waals surface area (Å²) in [5.41, 5.74) is -1.36. The third-order valence-electron chi connectivity index (χ3n) is 4.18. The Morgan fingerprint density at radius 2 is 1.83 bits per heavy atom. The number of hydrogen-bond acceptors (Lipinski definition) is 5. The van der Waals surface area contributed by atoms with Crippen LogP contribution in [0.4, 0.5) is 23.7 Å². The molecule has 3 rings (SSSR count). The van der Waals surface area contributed by atoms with Crippen LogP contribution in [0.25, 0.3) is 6.08 Å². The quantitative estimate of drug-likeness (QED) is 0.335. The Kier molecular flexibility index (Phi) is 5.45. The summed E-state index contributed by atoms with van der Waals surface area (Å²) >= 11 is 0. The number of alkyl halides is 3. The zero-order valence-electron chi connectivity index (χ0n) is 15.4. The number of benzene rings is 2. The maximum atomic E-state index is 12.8. The van der Waals surface area contributed by atoms with Crippen molar-refractivity contribution in [2.75, 3.05) is 6.54 Å². The fourth-order valence-corrected chi connectivity index (χ4v) is 2.71. The molecule has 3 amide bonds. The first-order valence-electron chi connectivity index (χ1n) is 8.58. The summed E-state index contributed by atoms with van der Waals surface area (Å²) in [6.45, 7) is 1.88. The molecule has 1 saturated heterocycles. The summed E-state index contributed by atoms with van der Waals surface area (Å²) < 4.78 is 43.7. The van der Waals surface area contributed by atoms with Crippen LogP contribution in [0.1, 0.15) is 18.1 Å². The predicted octanol–water partition coefficient (Wildman–Crippen LogP) is 4.32. The van der Waals surface area contributed by atoms with Gasteiger partial charge in [0.2, 0.25) is 5.75 Å². The second kappa shape index (κ2) is 7.85. The van der Waals surface area contributed by atoms with Crippen LogP contribution in [0.15, 0.2) is 48.2 Å². The molecule has 1 aliphatic heterocycles.